The van der Waals surface area contributed by atoms with Gasteiger partial charge < -0.3 is 20.7 Å². The maximum Gasteiger partial charge on any atom is 0.407 e. The molecule has 0 bridgehead atoms. The third kappa shape index (κ3) is 6.94. The second-order valence-corrected chi connectivity index (χ2v) is 6.67. The van der Waals surface area contributed by atoms with Crippen molar-refractivity contribution in [3.8, 4) is 0 Å². The number of likely N-dealkylation sites (N-methyl/N-ethyl adjacent to an activating group) is 1. The van der Waals surface area contributed by atoms with E-state index in [9.17, 15) is 14.0 Å². The summed E-state index contributed by atoms with van der Waals surface area (Å²) in [4.78, 5) is 29.5. The molecule has 0 saturated carbocycles. The van der Waals surface area contributed by atoms with Crippen LogP contribution < -0.4 is 11.1 Å². The number of ether oxygens (including phenoxy) is 1. The van der Waals surface area contributed by atoms with Crippen LogP contribution in [0.2, 0.25) is 0 Å². The fraction of sp³-hybridized carbons (Fsp3) is 0.588. The number of carbonyl (C=O) groups is 2. The van der Waals surface area contributed by atoms with E-state index in [0.29, 0.717) is 37.1 Å². The van der Waals surface area contributed by atoms with Gasteiger partial charge in [-0.25, -0.2) is 9.18 Å². The monoisotopic (exact) mass is 354 g/mol. The SMILES string of the molecule is CCN1CCC(N)=C(C=NC/C(=C/F)CNC(=O)OC(C)(C)C)C1=O. The number of rotatable bonds is 6. The lowest BCUT2D eigenvalue weighted by Crippen LogP contribution is -2.39. The van der Waals surface area contributed by atoms with Crippen molar-refractivity contribution in [1.82, 2.24) is 10.2 Å². The Morgan fingerprint density at radius 2 is 2.16 bits per heavy atom. The van der Waals surface area contributed by atoms with Crippen molar-refractivity contribution >= 4 is 18.2 Å². The van der Waals surface area contributed by atoms with Crippen LogP contribution in [0.1, 0.15) is 34.1 Å². The molecule has 140 valence electrons. The van der Waals surface area contributed by atoms with Gasteiger partial charge in [-0.05, 0) is 33.3 Å². The lowest BCUT2D eigenvalue weighted by molar-refractivity contribution is -0.127. The first-order valence-electron chi connectivity index (χ1n) is 8.20. The van der Waals surface area contributed by atoms with Crippen molar-refractivity contribution in [1.29, 1.82) is 0 Å². The molecule has 0 aromatic heterocycles. The van der Waals surface area contributed by atoms with Crippen molar-refractivity contribution < 1.29 is 18.7 Å². The first-order valence-corrected chi connectivity index (χ1v) is 8.20. The molecule has 0 fully saturated rings. The average molecular weight is 354 g/mol. The van der Waals surface area contributed by atoms with E-state index in [1.165, 1.54) is 6.21 Å². The van der Waals surface area contributed by atoms with Gasteiger partial charge in [-0.15, -0.1) is 0 Å². The highest BCUT2D eigenvalue weighted by atomic mass is 19.1. The summed E-state index contributed by atoms with van der Waals surface area (Å²) in [5.41, 5.74) is 6.31. The summed E-state index contributed by atoms with van der Waals surface area (Å²) in [5, 5.41) is 2.46. The van der Waals surface area contributed by atoms with Crippen LogP contribution in [0, 0.1) is 0 Å². The standard InChI is InChI=1S/C17H27FN4O3/c1-5-22-7-6-14(19)13(15(22)23)11-20-9-12(8-18)10-21-16(24)25-17(2,3)4/h8,11H,5-7,9-10,19H2,1-4H3,(H,21,24)/b12-8-,20-11?. The normalized spacial score (nSPS) is 16.6. The van der Waals surface area contributed by atoms with E-state index >= 15 is 0 Å². The Hall–Kier alpha value is -2.38. The molecule has 8 heteroatoms. The van der Waals surface area contributed by atoms with Crippen molar-refractivity contribution in [2.75, 3.05) is 26.2 Å². The number of halogens is 1. The van der Waals surface area contributed by atoms with E-state index in [2.05, 4.69) is 10.3 Å². The molecule has 0 aliphatic carbocycles. The van der Waals surface area contributed by atoms with Crippen molar-refractivity contribution in [2.24, 2.45) is 10.7 Å². The maximum atomic E-state index is 12.9. The number of nitrogens with zero attached hydrogens (tertiary/aromatic N) is 2. The quantitative estimate of drug-likeness (QED) is 0.712. The minimum Gasteiger partial charge on any atom is -0.444 e. The Bertz CT molecular complexity index is 591. The number of nitrogens with two attached hydrogens (primary N) is 1. The minimum absolute atomic E-state index is 0.00246. The molecule has 0 aromatic carbocycles. The molecule has 0 atom stereocenters. The Morgan fingerprint density at radius 3 is 2.72 bits per heavy atom. The highest BCUT2D eigenvalue weighted by Gasteiger charge is 2.23. The molecule has 1 aliphatic rings. The second-order valence-electron chi connectivity index (χ2n) is 6.67. The van der Waals surface area contributed by atoms with Gasteiger partial charge in [0.15, 0.2) is 0 Å². The van der Waals surface area contributed by atoms with Gasteiger partial charge in [0.1, 0.15) is 5.60 Å². The number of amides is 2. The van der Waals surface area contributed by atoms with E-state index in [-0.39, 0.29) is 24.6 Å². The van der Waals surface area contributed by atoms with Crippen molar-refractivity contribution in [2.45, 2.75) is 39.7 Å². The van der Waals surface area contributed by atoms with Crippen LogP contribution in [-0.2, 0) is 9.53 Å². The van der Waals surface area contributed by atoms with E-state index in [0.717, 1.165) is 0 Å². The molecular formula is C17H27FN4O3. The number of aliphatic imine (C=N–C) groups is 1. The van der Waals surface area contributed by atoms with Crippen molar-refractivity contribution in [3.05, 3.63) is 23.2 Å². The predicted molar refractivity (Wildman–Crippen MR) is 94.9 cm³/mol. The summed E-state index contributed by atoms with van der Waals surface area (Å²) >= 11 is 0. The van der Waals surface area contributed by atoms with Crippen LogP contribution in [0.3, 0.4) is 0 Å². The zero-order chi connectivity index (χ0) is 19.0. The van der Waals surface area contributed by atoms with Gasteiger partial charge in [0.05, 0.1) is 18.4 Å². The third-order valence-corrected chi connectivity index (χ3v) is 3.42. The smallest absolute Gasteiger partial charge is 0.407 e. The molecular weight excluding hydrogens is 327 g/mol. The zero-order valence-electron chi connectivity index (χ0n) is 15.3. The number of nitrogens with one attached hydrogen (secondary N) is 1. The van der Waals surface area contributed by atoms with E-state index in [1.807, 2.05) is 6.92 Å². The van der Waals surface area contributed by atoms with Gasteiger partial charge in [0, 0.05) is 38.0 Å². The summed E-state index contributed by atoms with van der Waals surface area (Å²) in [6.45, 7) is 8.26. The number of alkyl carbamates (subject to hydrolysis) is 1. The highest BCUT2D eigenvalue weighted by Crippen LogP contribution is 2.14. The second kappa shape index (κ2) is 9.19. The Labute approximate surface area is 147 Å². The van der Waals surface area contributed by atoms with Gasteiger partial charge in [-0.2, -0.15) is 0 Å². The van der Waals surface area contributed by atoms with E-state index < -0.39 is 11.7 Å². The lowest BCUT2D eigenvalue weighted by Gasteiger charge is -2.26. The molecule has 2 amide bonds. The molecule has 25 heavy (non-hydrogen) atoms. The topological polar surface area (TPSA) is 97.0 Å². The molecule has 0 unspecified atom stereocenters. The largest absolute Gasteiger partial charge is 0.444 e. The van der Waals surface area contributed by atoms with E-state index in [4.69, 9.17) is 10.5 Å². The fourth-order valence-corrected chi connectivity index (χ4v) is 2.12. The summed E-state index contributed by atoms with van der Waals surface area (Å²) in [6, 6.07) is 0. The molecule has 0 spiro atoms. The number of carbonyl (C=O) groups excluding carboxylic acids is 2. The van der Waals surface area contributed by atoms with Crippen LogP contribution >= 0.6 is 0 Å². The molecule has 0 saturated heterocycles. The lowest BCUT2D eigenvalue weighted by atomic mass is 10.1. The van der Waals surface area contributed by atoms with Crippen LogP contribution in [0.25, 0.3) is 0 Å². The minimum atomic E-state index is -0.635. The van der Waals surface area contributed by atoms with Crippen LogP contribution in [-0.4, -0.2) is 54.9 Å². The third-order valence-electron chi connectivity index (χ3n) is 3.42. The van der Waals surface area contributed by atoms with Gasteiger partial charge >= 0.3 is 6.09 Å². The van der Waals surface area contributed by atoms with E-state index in [1.54, 1.807) is 25.7 Å². The van der Waals surface area contributed by atoms with Crippen LogP contribution in [0.4, 0.5) is 9.18 Å². The molecule has 1 heterocycles. The molecule has 3 N–H and O–H groups in total. The van der Waals surface area contributed by atoms with Gasteiger partial charge in [-0.3, -0.25) is 9.79 Å². The van der Waals surface area contributed by atoms with Gasteiger partial charge in [-0.1, -0.05) is 0 Å². The first-order chi connectivity index (χ1) is 11.7. The average Bonchev–Trinajstić information content (AvgIpc) is 2.52. The summed E-state index contributed by atoms with van der Waals surface area (Å²) in [6.07, 6.45) is 1.71. The first kappa shape index (κ1) is 20.7. The number of hydrogen-bond donors (Lipinski definition) is 2. The summed E-state index contributed by atoms with van der Waals surface area (Å²) in [7, 11) is 0. The molecule has 7 nitrogen and oxygen atoms in total. The Morgan fingerprint density at radius 1 is 1.48 bits per heavy atom. The van der Waals surface area contributed by atoms with Crippen LogP contribution in [0.15, 0.2) is 28.2 Å². The molecule has 0 radical (unpaired) electrons. The van der Waals surface area contributed by atoms with Gasteiger partial charge in [0.25, 0.3) is 5.91 Å². The van der Waals surface area contributed by atoms with Crippen molar-refractivity contribution in [3.63, 3.8) is 0 Å². The Kier molecular flexibility index (Phi) is 7.60. The number of hydrogen-bond acceptors (Lipinski definition) is 5. The fourth-order valence-electron chi connectivity index (χ4n) is 2.12. The summed E-state index contributed by atoms with van der Waals surface area (Å²) in [5.74, 6) is -0.173. The maximum absolute atomic E-state index is 12.9. The Balaban J connectivity index is 2.58. The van der Waals surface area contributed by atoms with Gasteiger partial charge in [0.2, 0.25) is 0 Å². The zero-order valence-corrected chi connectivity index (χ0v) is 15.3. The predicted octanol–water partition coefficient (Wildman–Crippen LogP) is 1.90. The molecule has 1 aliphatic heterocycles. The summed E-state index contributed by atoms with van der Waals surface area (Å²) < 4.78 is 18.0. The van der Waals surface area contributed by atoms with Crippen LogP contribution in [0.5, 0.6) is 0 Å². The molecule has 1 rings (SSSR count). The molecule has 0 aromatic rings. The highest BCUT2D eigenvalue weighted by molar-refractivity contribution is 6.13.